The highest BCUT2D eigenvalue weighted by Gasteiger charge is 2.51. The van der Waals surface area contributed by atoms with Gasteiger partial charge in [0.15, 0.2) is 5.03 Å². The minimum Gasteiger partial charge on any atom is -0.308 e. The first-order valence-corrected chi connectivity index (χ1v) is 15.5. The van der Waals surface area contributed by atoms with Crippen molar-refractivity contribution in [1.29, 1.82) is 0 Å². The molecule has 0 amide bonds. The van der Waals surface area contributed by atoms with Gasteiger partial charge >= 0.3 is 0 Å². The predicted octanol–water partition coefficient (Wildman–Crippen LogP) is 8.37. The van der Waals surface area contributed by atoms with Gasteiger partial charge in [0.2, 0.25) is 9.84 Å². The van der Waals surface area contributed by atoms with Crippen molar-refractivity contribution in [2.24, 2.45) is 0 Å². The largest absolute Gasteiger partial charge is 0.308 e. The molecule has 0 unspecified atom stereocenters. The second-order valence-corrected chi connectivity index (χ2v) is 12.7. The summed E-state index contributed by atoms with van der Waals surface area (Å²) in [5, 5.41) is 0.0450. The molecule has 202 valence electrons. The minimum absolute atomic E-state index is 0.0450. The Hall–Kier alpha value is -5.00. The molecule has 42 heavy (non-hydrogen) atoms. The summed E-state index contributed by atoms with van der Waals surface area (Å²) in [5.41, 5.74) is 10.5. The van der Waals surface area contributed by atoms with E-state index in [9.17, 15) is 8.42 Å². The molecular weight excluding hydrogens is 536 g/mol. The molecule has 2 heterocycles. The molecule has 2 aliphatic rings. The standard InChI is InChI=1S/C37H26N2O2S/c1-25-33(23-24-36(38-25)42(40,41)26-13-3-2-4-14-26)39-34-21-11-9-19-31(34)37(32-20-10-12-22-35(32)39)29-17-7-5-15-27(29)28-16-6-8-18-30(28)37/h2-24H,1H3. The first-order valence-electron chi connectivity index (χ1n) is 14.0. The summed E-state index contributed by atoms with van der Waals surface area (Å²) in [7, 11) is -3.74. The zero-order chi connectivity index (χ0) is 28.5. The molecule has 4 nitrogen and oxygen atoms in total. The second-order valence-electron chi connectivity index (χ2n) is 10.8. The molecule has 1 aromatic heterocycles. The number of nitrogens with zero attached hydrogens (tertiary/aromatic N) is 2. The smallest absolute Gasteiger partial charge is 0.223 e. The van der Waals surface area contributed by atoms with Crippen LogP contribution in [0.25, 0.3) is 11.1 Å². The van der Waals surface area contributed by atoms with Crippen molar-refractivity contribution in [2.45, 2.75) is 22.3 Å². The minimum atomic E-state index is -3.74. The van der Waals surface area contributed by atoms with Crippen LogP contribution in [-0.2, 0) is 15.3 Å². The Balaban J connectivity index is 1.39. The molecule has 8 rings (SSSR count). The third-order valence-electron chi connectivity index (χ3n) is 8.65. The highest BCUT2D eigenvalue weighted by Crippen LogP contribution is 2.63. The molecule has 1 spiro atoms. The molecule has 0 N–H and O–H groups in total. The lowest BCUT2D eigenvalue weighted by atomic mass is 9.64. The van der Waals surface area contributed by atoms with Crippen LogP contribution in [0.5, 0.6) is 0 Å². The van der Waals surface area contributed by atoms with Crippen molar-refractivity contribution >= 4 is 26.9 Å². The van der Waals surface area contributed by atoms with E-state index in [0.717, 1.165) is 17.1 Å². The highest BCUT2D eigenvalue weighted by atomic mass is 32.2. The van der Waals surface area contributed by atoms with Crippen LogP contribution >= 0.6 is 0 Å². The summed E-state index contributed by atoms with van der Waals surface area (Å²) in [6, 6.07) is 46.6. The zero-order valence-electron chi connectivity index (χ0n) is 22.9. The van der Waals surface area contributed by atoms with Gasteiger partial charge in [-0.15, -0.1) is 0 Å². The maximum atomic E-state index is 13.4. The quantitative estimate of drug-likeness (QED) is 0.217. The average Bonchev–Trinajstić information content (AvgIpc) is 3.33. The number of fused-ring (bicyclic) bond motifs is 9. The molecule has 0 saturated heterocycles. The Bertz CT molecular complexity index is 2040. The topological polar surface area (TPSA) is 50.3 Å². The van der Waals surface area contributed by atoms with Gasteiger partial charge in [-0.25, -0.2) is 13.4 Å². The van der Waals surface area contributed by atoms with Crippen molar-refractivity contribution in [2.75, 3.05) is 4.90 Å². The fraction of sp³-hybridized carbons (Fsp3) is 0.0541. The molecule has 0 saturated carbocycles. The number of pyridine rings is 1. The van der Waals surface area contributed by atoms with Crippen molar-refractivity contribution in [3.05, 3.63) is 167 Å². The van der Waals surface area contributed by atoms with Gasteiger partial charge in [0.25, 0.3) is 0 Å². The maximum absolute atomic E-state index is 13.4. The van der Waals surface area contributed by atoms with E-state index in [-0.39, 0.29) is 9.92 Å². The molecule has 1 aliphatic heterocycles. The van der Waals surface area contributed by atoms with Gasteiger partial charge in [-0.3, -0.25) is 0 Å². The molecule has 5 heteroatoms. The van der Waals surface area contributed by atoms with E-state index in [0.29, 0.717) is 5.69 Å². The fourth-order valence-corrected chi connectivity index (χ4v) is 8.22. The van der Waals surface area contributed by atoms with Crippen LogP contribution in [0.3, 0.4) is 0 Å². The van der Waals surface area contributed by atoms with Crippen LogP contribution in [0.2, 0.25) is 0 Å². The van der Waals surface area contributed by atoms with Gasteiger partial charge < -0.3 is 4.90 Å². The molecule has 1 aliphatic carbocycles. The highest BCUT2D eigenvalue weighted by molar-refractivity contribution is 7.91. The number of para-hydroxylation sites is 2. The number of aromatic nitrogens is 1. The fourth-order valence-electron chi connectivity index (χ4n) is 6.96. The van der Waals surface area contributed by atoms with Gasteiger partial charge in [-0.05, 0) is 76.7 Å². The Morgan fingerprint density at radius 1 is 0.524 bits per heavy atom. The number of anilines is 3. The predicted molar refractivity (Wildman–Crippen MR) is 166 cm³/mol. The van der Waals surface area contributed by atoms with Crippen LogP contribution < -0.4 is 4.90 Å². The molecule has 6 aromatic rings. The van der Waals surface area contributed by atoms with E-state index >= 15 is 0 Å². The number of aryl methyl sites for hydroxylation is 1. The van der Waals surface area contributed by atoms with E-state index in [1.54, 1.807) is 36.4 Å². The zero-order valence-corrected chi connectivity index (χ0v) is 23.7. The van der Waals surface area contributed by atoms with Gasteiger partial charge in [-0.1, -0.05) is 103 Å². The van der Waals surface area contributed by atoms with Crippen LogP contribution in [0, 0.1) is 6.92 Å². The Labute approximate surface area is 245 Å². The van der Waals surface area contributed by atoms with E-state index < -0.39 is 15.3 Å². The maximum Gasteiger partial charge on any atom is 0.223 e. The van der Waals surface area contributed by atoms with Gasteiger partial charge in [0, 0.05) is 0 Å². The monoisotopic (exact) mass is 562 g/mol. The number of rotatable bonds is 3. The Morgan fingerprint density at radius 3 is 1.55 bits per heavy atom. The normalized spacial score (nSPS) is 14.2. The summed E-state index contributed by atoms with van der Waals surface area (Å²) in [4.78, 5) is 7.15. The third kappa shape index (κ3) is 3.23. The summed E-state index contributed by atoms with van der Waals surface area (Å²) in [6.07, 6.45) is 0. The molecule has 0 radical (unpaired) electrons. The average molecular weight is 563 g/mol. The van der Waals surface area contributed by atoms with Crippen LogP contribution in [0.15, 0.2) is 149 Å². The van der Waals surface area contributed by atoms with Gasteiger partial charge in [0.1, 0.15) is 0 Å². The third-order valence-corrected chi connectivity index (χ3v) is 10.3. The summed E-state index contributed by atoms with van der Waals surface area (Å²) < 4.78 is 26.8. The molecule has 0 fully saturated rings. The van der Waals surface area contributed by atoms with E-state index in [1.807, 2.05) is 13.0 Å². The number of hydrogen-bond donors (Lipinski definition) is 0. The SMILES string of the molecule is Cc1nc(S(=O)(=O)c2ccccc2)ccc1N1c2ccccc2C2(c3ccccc3-c3ccccc32)c2ccccc21. The van der Waals surface area contributed by atoms with E-state index in [1.165, 1.54) is 33.4 Å². The van der Waals surface area contributed by atoms with Gasteiger partial charge in [-0.2, -0.15) is 0 Å². The lowest BCUT2D eigenvalue weighted by Gasteiger charge is -2.45. The Kier molecular flexibility index (Phi) is 5.31. The van der Waals surface area contributed by atoms with Crippen molar-refractivity contribution < 1.29 is 8.42 Å². The van der Waals surface area contributed by atoms with E-state index in [4.69, 9.17) is 0 Å². The number of hydrogen-bond acceptors (Lipinski definition) is 4. The van der Waals surface area contributed by atoms with Crippen LogP contribution in [0.4, 0.5) is 17.1 Å². The van der Waals surface area contributed by atoms with Crippen molar-refractivity contribution in [3.63, 3.8) is 0 Å². The van der Waals surface area contributed by atoms with Crippen LogP contribution in [-0.4, -0.2) is 13.4 Å². The Morgan fingerprint density at radius 2 is 1.00 bits per heavy atom. The molecule has 0 atom stereocenters. The lowest BCUT2D eigenvalue weighted by Crippen LogP contribution is -2.36. The van der Waals surface area contributed by atoms with Crippen molar-refractivity contribution in [3.8, 4) is 11.1 Å². The summed E-state index contributed by atoms with van der Waals surface area (Å²) in [5.74, 6) is 0. The van der Waals surface area contributed by atoms with E-state index in [2.05, 4.69) is 107 Å². The van der Waals surface area contributed by atoms with Crippen molar-refractivity contribution in [1.82, 2.24) is 4.98 Å². The summed E-state index contributed by atoms with van der Waals surface area (Å²) in [6.45, 7) is 1.88. The summed E-state index contributed by atoms with van der Waals surface area (Å²) >= 11 is 0. The first kappa shape index (κ1) is 24.8. The molecular formula is C37H26N2O2S. The van der Waals surface area contributed by atoms with Crippen LogP contribution in [0.1, 0.15) is 27.9 Å². The number of benzene rings is 5. The van der Waals surface area contributed by atoms with Gasteiger partial charge in [0.05, 0.1) is 33.1 Å². The first-order chi connectivity index (χ1) is 20.5. The second kappa shape index (κ2) is 9.00. The lowest BCUT2D eigenvalue weighted by molar-refractivity contribution is 0.592. The number of sulfone groups is 1. The molecule has 0 bridgehead atoms. The molecule has 5 aromatic carbocycles.